The number of anilines is 3. The first-order valence-corrected chi connectivity index (χ1v) is 7.82. The molecule has 0 atom stereocenters. The van der Waals surface area contributed by atoms with Crippen molar-refractivity contribution >= 4 is 23.2 Å². The quantitative estimate of drug-likeness (QED) is 0.636. The standard InChI is InChI=1S/C17H18N6O2/c1-3-16(24)19-12-5-4-6-13(10-12)25-17-18-8-7-14(21-17)20-15-9-11(2)22-23-15/h4-10H,3H2,1-2H3,(H,19,24)(H2,18,20,21,22,23). The Morgan fingerprint density at radius 1 is 1.24 bits per heavy atom. The van der Waals surface area contributed by atoms with Gasteiger partial charge in [-0.3, -0.25) is 9.89 Å². The maximum atomic E-state index is 11.5. The molecule has 1 aromatic carbocycles. The first-order valence-electron chi connectivity index (χ1n) is 7.82. The molecular weight excluding hydrogens is 320 g/mol. The molecule has 8 heteroatoms. The van der Waals surface area contributed by atoms with E-state index in [2.05, 4.69) is 30.8 Å². The fourth-order valence-electron chi connectivity index (χ4n) is 2.07. The Morgan fingerprint density at radius 3 is 2.88 bits per heavy atom. The van der Waals surface area contributed by atoms with E-state index in [-0.39, 0.29) is 11.9 Å². The molecule has 0 spiro atoms. The molecule has 25 heavy (non-hydrogen) atoms. The van der Waals surface area contributed by atoms with Crippen LogP contribution in [0.3, 0.4) is 0 Å². The number of aromatic amines is 1. The van der Waals surface area contributed by atoms with Crippen LogP contribution in [0.2, 0.25) is 0 Å². The average molecular weight is 338 g/mol. The number of H-pyrrole nitrogens is 1. The van der Waals surface area contributed by atoms with Gasteiger partial charge >= 0.3 is 6.01 Å². The van der Waals surface area contributed by atoms with Crippen molar-refractivity contribution in [3.63, 3.8) is 0 Å². The van der Waals surface area contributed by atoms with Crippen molar-refractivity contribution in [3.05, 3.63) is 48.3 Å². The van der Waals surface area contributed by atoms with Gasteiger partial charge in [0.05, 0.1) is 0 Å². The summed E-state index contributed by atoms with van der Waals surface area (Å²) >= 11 is 0. The Bertz CT molecular complexity index is 877. The van der Waals surface area contributed by atoms with Crippen LogP contribution in [0.4, 0.5) is 17.3 Å². The summed E-state index contributed by atoms with van der Waals surface area (Å²) in [5, 5.41) is 12.8. The Kier molecular flexibility index (Phi) is 4.89. The van der Waals surface area contributed by atoms with Gasteiger partial charge in [-0.25, -0.2) is 4.98 Å². The van der Waals surface area contributed by atoms with Crippen LogP contribution in [0.15, 0.2) is 42.6 Å². The van der Waals surface area contributed by atoms with Gasteiger partial charge in [0.15, 0.2) is 5.82 Å². The van der Waals surface area contributed by atoms with E-state index >= 15 is 0 Å². The topological polar surface area (TPSA) is 105 Å². The monoisotopic (exact) mass is 338 g/mol. The van der Waals surface area contributed by atoms with Gasteiger partial charge in [-0.05, 0) is 25.1 Å². The molecule has 128 valence electrons. The predicted octanol–water partition coefficient (Wildman–Crippen LogP) is 3.39. The largest absolute Gasteiger partial charge is 0.424 e. The van der Waals surface area contributed by atoms with Gasteiger partial charge < -0.3 is 15.4 Å². The molecule has 8 nitrogen and oxygen atoms in total. The number of ether oxygens (including phenoxy) is 1. The van der Waals surface area contributed by atoms with Crippen molar-refractivity contribution in [1.29, 1.82) is 0 Å². The summed E-state index contributed by atoms with van der Waals surface area (Å²) in [5.74, 6) is 1.69. The number of nitrogens with one attached hydrogen (secondary N) is 3. The molecule has 1 amide bonds. The minimum Gasteiger partial charge on any atom is -0.424 e. The molecule has 3 rings (SSSR count). The summed E-state index contributed by atoms with van der Waals surface area (Å²) in [6.45, 7) is 3.71. The lowest BCUT2D eigenvalue weighted by Crippen LogP contribution is -2.09. The second kappa shape index (κ2) is 7.43. The van der Waals surface area contributed by atoms with E-state index in [0.29, 0.717) is 29.5 Å². The van der Waals surface area contributed by atoms with E-state index < -0.39 is 0 Å². The van der Waals surface area contributed by atoms with Crippen LogP contribution in [0.5, 0.6) is 11.8 Å². The molecule has 2 aromatic heterocycles. The molecular formula is C17H18N6O2. The van der Waals surface area contributed by atoms with Crippen molar-refractivity contribution < 1.29 is 9.53 Å². The first-order chi connectivity index (χ1) is 12.1. The van der Waals surface area contributed by atoms with Crippen molar-refractivity contribution in [2.75, 3.05) is 10.6 Å². The normalized spacial score (nSPS) is 10.3. The smallest absolute Gasteiger partial charge is 0.323 e. The third-order valence-corrected chi connectivity index (χ3v) is 3.24. The summed E-state index contributed by atoms with van der Waals surface area (Å²) in [6, 6.07) is 10.8. The van der Waals surface area contributed by atoms with Crippen molar-refractivity contribution in [2.24, 2.45) is 0 Å². The van der Waals surface area contributed by atoms with Gasteiger partial charge in [0.1, 0.15) is 11.6 Å². The number of hydrogen-bond donors (Lipinski definition) is 3. The van der Waals surface area contributed by atoms with Gasteiger partial charge in [-0.1, -0.05) is 13.0 Å². The number of amides is 1. The fourth-order valence-corrected chi connectivity index (χ4v) is 2.07. The fraction of sp³-hybridized carbons (Fsp3) is 0.176. The lowest BCUT2D eigenvalue weighted by Gasteiger charge is -2.08. The van der Waals surface area contributed by atoms with Gasteiger partial charge in [0.2, 0.25) is 5.91 Å². The molecule has 0 aliphatic carbocycles. The lowest BCUT2D eigenvalue weighted by molar-refractivity contribution is -0.115. The Morgan fingerprint density at radius 2 is 2.12 bits per heavy atom. The van der Waals surface area contributed by atoms with E-state index in [1.165, 1.54) is 0 Å². The van der Waals surface area contributed by atoms with E-state index in [1.807, 2.05) is 13.0 Å². The third kappa shape index (κ3) is 4.54. The van der Waals surface area contributed by atoms with Crippen LogP contribution in [-0.2, 0) is 4.79 Å². The first kappa shape index (κ1) is 16.4. The Balaban J connectivity index is 1.71. The van der Waals surface area contributed by atoms with Crippen molar-refractivity contribution in [2.45, 2.75) is 20.3 Å². The predicted molar refractivity (Wildman–Crippen MR) is 94.1 cm³/mol. The molecule has 0 saturated heterocycles. The average Bonchev–Trinajstić information content (AvgIpc) is 3.00. The van der Waals surface area contributed by atoms with Gasteiger partial charge in [-0.2, -0.15) is 10.1 Å². The van der Waals surface area contributed by atoms with E-state index in [0.717, 1.165) is 5.69 Å². The highest BCUT2D eigenvalue weighted by atomic mass is 16.5. The highest BCUT2D eigenvalue weighted by Gasteiger charge is 2.06. The van der Waals surface area contributed by atoms with Crippen LogP contribution in [0, 0.1) is 6.92 Å². The van der Waals surface area contributed by atoms with E-state index in [1.54, 1.807) is 43.5 Å². The maximum absolute atomic E-state index is 11.5. The minimum absolute atomic E-state index is 0.0612. The summed E-state index contributed by atoms with van der Waals surface area (Å²) in [5.41, 5.74) is 1.60. The molecule has 0 aliphatic heterocycles. The number of carbonyl (C=O) groups is 1. The second-order valence-corrected chi connectivity index (χ2v) is 5.32. The Labute approximate surface area is 144 Å². The third-order valence-electron chi connectivity index (χ3n) is 3.24. The van der Waals surface area contributed by atoms with Crippen LogP contribution < -0.4 is 15.4 Å². The number of rotatable bonds is 6. The van der Waals surface area contributed by atoms with Crippen molar-refractivity contribution in [3.8, 4) is 11.8 Å². The molecule has 2 heterocycles. The number of benzene rings is 1. The number of carbonyl (C=O) groups excluding carboxylic acids is 1. The zero-order chi connectivity index (χ0) is 17.6. The molecule has 3 N–H and O–H groups in total. The number of aromatic nitrogens is 4. The zero-order valence-electron chi connectivity index (χ0n) is 13.9. The summed E-state index contributed by atoms with van der Waals surface area (Å²) in [6.07, 6.45) is 2.00. The van der Waals surface area contributed by atoms with Crippen LogP contribution >= 0.6 is 0 Å². The molecule has 0 saturated carbocycles. The van der Waals surface area contributed by atoms with Crippen LogP contribution in [0.1, 0.15) is 19.0 Å². The highest BCUT2D eigenvalue weighted by Crippen LogP contribution is 2.23. The maximum Gasteiger partial charge on any atom is 0.323 e. The van der Waals surface area contributed by atoms with Crippen LogP contribution in [0.25, 0.3) is 0 Å². The molecule has 0 unspecified atom stereocenters. The number of aryl methyl sites for hydroxylation is 1. The SMILES string of the molecule is CCC(=O)Nc1cccc(Oc2nccc(Nc3cc(C)[nH]n3)n2)c1. The van der Waals surface area contributed by atoms with Crippen molar-refractivity contribution in [1.82, 2.24) is 20.2 Å². The van der Waals surface area contributed by atoms with E-state index in [4.69, 9.17) is 4.74 Å². The minimum atomic E-state index is -0.0612. The molecule has 0 radical (unpaired) electrons. The summed E-state index contributed by atoms with van der Waals surface area (Å²) in [4.78, 5) is 19.9. The van der Waals surface area contributed by atoms with Crippen LogP contribution in [-0.4, -0.2) is 26.1 Å². The lowest BCUT2D eigenvalue weighted by atomic mass is 10.3. The highest BCUT2D eigenvalue weighted by molar-refractivity contribution is 5.90. The van der Waals surface area contributed by atoms with Gasteiger partial charge in [-0.15, -0.1) is 0 Å². The molecule has 0 bridgehead atoms. The molecule has 0 fully saturated rings. The summed E-state index contributed by atoms with van der Waals surface area (Å²) in [7, 11) is 0. The zero-order valence-corrected chi connectivity index (χ0v) is 13.9. The second-order valence-electron chi connectivity index (χ2n) is 5.32. The van der Waals surface area contributed by atoms with Gasteiger partial charge in [0.25, 0.3) is 0 Å². The number of hydrogen-bond acceptors (Lipinski definition) is 6. The molecule has 0 aliphatic rings. The number of nitrogens with zero attached hydrogens (tertiary/aromatic N) is 3. The van der Waals surface area contributed by atoms with Gasteiger partial charge in [0, 0.05) is 36.1 Å². The molecule has 3 aromatic rings. The summed E-state index contributed by atoms with van der Waals surface area (Å²) < 4.78 is 5.68. The van der Waals surface area contributed by atoms with E-state index in [9.17, 15) is 4.79 Å². The Hall–Kier alpha value is -3.42.